The van der Waals surface area contributed by atoms with Gasteiger partial charge in [-0.25, -0.2) is 0 Å². The fourth-order valence-electron chi connectivity index (χ4n) is 7.06. The van der Waals surface area contributed by atoms with Crippen LogP contribution in [-0.2, 0) is 0 Å². The van der Waals surface area contributed by atoms with Crippen LogP contribution >= 0.6 is 0 Å². The van der Waals surface area contributed by atoms with Crippen LogP contribution in [0.25, 0.3) is 60.2 Å². The average Bonchev–Trinajstić information content (AvgIpc) is 3.47. The van der Waals surface area contributed by atoms with Crippen molar-refractivity contribution >= 4 is 60.4 Å². The summed E-state index contributed by atoms with van der Waals surface area (Å²) in [6.45, 7) is 0. The molecule has 9 aromatic rings. The quantitative estimate of drug-likeness (QED) is 0.195. The van der Waals surface area contributed by atoms with Crippen molar-refractivity contribution in [3.05, 3.63) is 182 Å². The molecule has 1 heterocycles. The van der Waals surface area contributed by atoms with E-state index in [1.54, 1.807) is 0 Å². The molecule has 46 heavy (non-hydrogen) atoms. The SMILES string of the molecule is c1cc(-c2cccc(-n3c4ccccc4c4ccccc43)c2)cc(N(c2cccc3ccccc23)c2cccc3ccccc23)c1. The third-order valence-electron chi connectivity index (χ3n) is 9.14. The van der Waals surface area contributed by atoms with Gasteiger partial charge in [0.05, 0.1) is 22.4 Å². The zero-order valence-corrected chi connectivity index (χ0v) is 25.2. The second-order valence-corrected chi connectivity index (χ2v) is 11.8. The molecule has 2 nitrogen and oxygen atoms in total. The van der Waals surface area contributed by atoms with E-state index in [1.807, 2.05) is 0 Å². The molecular formula is C44H30N2. The number of fused-ring (bicyclic) bond motifs is 5. The van der Waals surface area contributed by atoms with Gasteiger partial charge in [-0.05, 0) is 70.4 Å². The van der Waals surface area contributed by atoms with Crippen molar-refractivity contribution in [1.82, 2.24) is 4.57 Å². The molecule has 0 aliphatic rings. The molecule has 0 N–H and O–H groups in total. The monoisotopic (exact) mass is 586 g/mol. The highest BCUT2D eigenvalue weighted by Gasteiger charge is 2.18. The van der Waals surface area contributed by atoms with Crippen LogP contribution in [0.5, 0.6) is 0 Å². The van der Waals surface area contributed by atoms with Crippen molar-refractivity contribution in [2.75, 3.05) is 4.90 Å². The van der Waals surface area contributed by atoms with Crippen molar-refractivity contribution in [2.45, 2.75) is 0 Å². The number of benzene rings is 8. The van der Waals surface area contributed by atoms with Crippen LogP contribution in [0.4, 0.5) is 17.1 Å². The second-order valence-electron chi connectivity index (χ2n) is 11.8. The highest BCUT2D eigenvalue weighted by molar-refractivity contribution is 6.09. The summed E-state index contributed by atoms with van der Waals surface area (Å²) >= 11 is 0. The molecule has 0 saturated heterocycles. The van der Waals surface area contributed by atoms with Gasteiger partial charge in [0, 0.05) is 32.9 Å². The first-order chi connectivity index (χ1) is 22.8. The molecule has 1 aromatic heterocycles. The van der Waals surface area contributed by atoms with Crippen molar-refractivity contribution < 1.29 is 0 Å². The van der Waals surface area contributed by atoms with E-state index in [0.29, 0.717) is 0 Å². The maximum absolute atomic E-state index is 2.42. The summed E-state index contributed by atoms with van der Waals surface area (Å²) in [6, 6.07) is 65.7. The zero-order chi connectivity index (χ0) is 30.5. The van der Waals surface area contributed by atoms with Crippen molar-refractivity contribution in [2.24, 2.45) is 0 Å². The van der Waals surface area contributed by atoms with E-state index in [9.17, 15) is 0 Å². The molecule has 9 rings (SSSR count). The minimum absolute atomic E-state index is 1.12. The van der Waals surface area contributed by atoms with Crippen molar-refractivity contribution in [3.8, 4) is 16.8 Å². The Kier molecular flexibility index (Phi) is 6.17. The minimum Gasteiger partial charge on any atom is -0.309 e. The number of hydrogen-bond acceptors (Lipinski definition) is 1. The Morgan fingerprint density at radius 3 is 1.41 bits per heavy atom. The average molecular weight is 587 g/mol. The van der Waals surface area contributed by atoms with Gasteiger partial charge in [0.15, 0.2) is 0 Å². The van der Waals surface area contributed by atoms with Crippen LogP contribution in [0.3, 0.4) is 0 Å². The third kappa shape index (κ3) is 4.27. The topological polar surface area (TPSA) is 8.17 Å². The molecule has 0 aliphatic carbocycles. The van der Waals surface area contributed by atoms with E-state index in [1.165, 1.54) is 54.5 Å². The van der Waals surface area contributed by atoms with Crippen LogP contribution < -0.4 is 4.90 Å². The van der Waals surface area contributed by atoms with Crippen LogP contribution in [-0.4, -0.2) is 4.57 Å². The molecule has 0 radical (unpaired) electrons. The molecule has 0 amide bonds. The van der Waals surface area contributed by atoms with Gasteiger partial charge < -0.3 is 9.47 Å². The molecule has 8 aromatic carbocycles. The van der Waals surface area contributed by atoms with Crippen LogP contribution in [0.2, 0.25) is 0 Å². The Morgan fingerprint density at radius 1 is 0.348 bits per heavy atom. The Bertz CT molecular complexity index is 2410. The van der Waals surface area contributed by atoms with Crippen molar-refractivity contribution in [3.63, 3.8) is 0 Å². The van der Waals surface area contributed by atoms with Gasteiger partial charge in [0.1, 0.15) is 0 Å². The van der Waals surface area contributed by atoms with Crippen LogP contribution in [0, 0.1) is 0 Å². The van der Waals surface area contributed by atoms with Gasteiger partial charge in [-0.2, -0.15) is 0 Å². The standard InChI is InChI=1S/C44H30N2/c1-3-21-37-31(13-1)15-11-27-41(37)45(42-28-12-16-32-14-2-4-22-38(32)42)35-19-9-17-33(29-35)34-18-10-20-36(30-34)46-43-25-7-5-23-39(43)40-24-6-8-26-44(40)46/h1-30H. The predicted octanol–water partition coefficient (Wildman–Crippen LogP) is 12.2. The molecule has 216 valence electrons. The van der Waals surface area contributed by atoms with Gasteiger partial charge in [0.2, 0.25) is 0 Å². The van der Waals surface area contributed by atoms with Gasteiger partial charge in [-0.1, -0.05) is 133 Å². The highest BCUT2D eigenvalue weighted by Crippen LogP contribution is 2.43. The number of aromatic nitrogens is 1. The van der Waals surface area contributed by atoms with Crippen LogP contribution in [0.15, 0.2) is 182 Å². The van der Waals surface area contributed by atoms with E-state index in [0.717, 1.165) is 22.7 Å². The van der Waals surface area contributed by atoms with E-state index in [2.05, 4.69) is 191 Å². The lowest BCUT2D eigenvalue weighted by Gasteiger charge is -2.28. The number of anilines is 3. The van der Waals surface area contributed by atoms with Gasteiger partial charge in [-0.3, -0.25) is 0 Å². The first-order valence-corrected chi connectivity index (χ1v) is 15.8. The molecule has 0 unspecified atom stereocenters. The molecule has 0 bridgehead atoms. The van der Waals surface area contributed by atoms with E-state index in [-0.39, 0.29) is 0 Å². The summed E-state index contributed by atoms with van der Waals surface area (Å²) in [5.41, 5.74) is 9.37. The number of hydrogen-bond donors (Lipinski definition) is 0. The smallest absolute Gasteiger partial charge is 0.0541 e. The van der Waals surface area contributed by atoms with Crippen molar-refractivity contribution in [1.29, 1.82) is 0 Å². The lowest BCUT2D eigenvalue weighted by atomic mass is 10.0. The molecule has 0 fully saturated rings. The number of para-hydroxylation sites is 2. The largest absolute Gasteiger partial charge is 0.309 e. The fraction of sp³-hybridized carbons (Fsp3) is 0. The predicted molar refractivity (Wildman–Crippen MR) is 196 cm³/mol. The highest BCUT2D eigenvalue weighted by atomic mass is 15.1. The van der Waals surface area contributed by atoms with E-state index >= 15 is 0 Å². The number of nitrogens with zero attached hydrogens (tertiary/aromatic N) is 2. The van der Waals surface area contributed by atoms with Gasteiger partial charge >= 0.3 is 0 Å². The molecule has 0 saturated carbocycles. The molecule has 0 atom stereocenters. The lowest BCUT2D eigenvalue weighted by molar-refractivity contribution is 1.18. The minimum atomic E-state index is 1.12. The molecule has 2 heteroatoms. The van der Waals surface area contributed by atoms with Crippen LogP contribution in [0.1, 0.15) is 0 Å². The Labute approximate surface area is 268 Å². The maximum atomic E-state index is 2.42. The Hall–Kier alpha value is -6.12. The summed E-state index contributed by atoms with van der Waals surface area (Å²) in [6.07, 6.45) is 0. The first kappa shape index (κ1) is 26.3. The zero-order valence-electron chi connectivity index (χ0n) is 25.2. The lowest BCUT2D eigenvalue weighted by Crippen LogP contribution is -2.11. The summed E-state index contributed by atoms with van der Waals surface area (Å²) in [5, 5.41) is 7.42. The third-order valence-corrected chi connectivity index (χ3v) is 9.14. The molecular weight excluding hydrogens is 556 g/mol. The summed E-state index contributed by atoms with van der Waals surface area (Å²) in [5.74, 6) is 0. The summed E-state index contributed by atoms with van der Waals surface area (Å²) in [7, 11) is 0. The molecule has 0 aliphatic heterocycles. The second kappa shape index (κ2) is 10.8. The number of rotatable bonds is 5. The summed E-state index contributed by atoms with van der Waals surface area (Å²) in [4.78, 5) is 2.42. The normalized spacial score (nSPS) is 11.5. The van der Waals surface area contributed by atoms with E-state index < -0.39 is 0 Å². The Balaban J connectivity index is 1.24. The van der Waals surface area contributed by atoms with E-state index in [4.69, 9.17) is 0 Å². The Morgan fingerprint density at radius 2 is 0.804 bits per heavy atom. The summed E-state index contributed by atoms with van der Waals surface area (Å²) < 4.78 is 2.39. The van der Waals surface area contributed by atoms with Gasteiger partial charge in [0.25, 0.3) is 0 Å². The molecule has 0 spiro atoms. The first-order valence-electron chi connectivity index (χ1n) is 15.8. The maximum Gasteiger partial charge on any atom is 0.0541 e. The fourth-order valence-corrected chi connectivity index (χ4v) is 7.06. The van der Waals surface area contributed by atoms with Gasteiger partial charge in [-0.15, -0.1) is 0 Å².